The molecule has 10 nitrogen and oxygen atoms in total. The summed E-state index contributed by atoms with van der Waals surface area (Å²) in [6.07, 6.45) is -0.0404. The van der Waals surface area contributed by atoms with Gasteiger partial charge in [-0.15, -0.1) is 0 Å². The molecule has 3 aliphatic heterocycles. The molecule has 0 aliphatic carbocycles. The molecule has 3 fully saturated rings. The summed E-state index contributed by atoms with van der Waals surface area (Å²) in [6.45, 7) is 5.86. The van der Waals surface area contributed by atoms with Gasteiger partial charge in [-0.1, -0.05) is 49.4 Å². The minimum Gasteiger partial charge on any atom is -0.456 e. The Bertz CT molecular complexity index is 1470. The number of carbonyl (C=O) groups is 1. The first-order chi connectivity index (χ1) is 19.8. The van der Waals surface area contributed by atoms with Crippen LogP contribution >= 0.6 is 11.6 Å². The number of aliphatic hydroxyl groups excluding tert-OH is 1. The summed E-state index contributed by atoms with van der Waals surface area (Å²) in [7, 11) is 0. The minimum absolute atomic E-state index is 0.0343. The van der Waals surface area contributed by atoms with Gasteiger partial charge in [0.1, 0.15) is 18.3 Å². The van der Waals surface area contributed by atoms with E-state index in [9.17, 15) is 9.90 Å². The zero-order valence-corrected chi connectivity index (χ0v) is 23.8. The van der Waals surface area contributed by atoms with E-state index < -0.39 is 12.1 Å². The van der Waals surface area contributed by atoms with Gasteiger partial charge in [0.05, 0.1) is 35.5 Å². The van der Waals surface area contributed by atoms with Gasteiger partial charge >= 0.3 is 0 Å². The average Bonchev–Trinajstić information content (AvgIpc) is 3.67. The van der Waals surface area contributed by atoms with Crippen molar-refractivity contribution in [2.24, 2.45) is 17.6 Å². The van der Waals surface area contributed by atoms with Gasteiger partial charge in [0.25, 0.3) is 6.01 Å². The standard InChI is InChI=1S/C30H34ClN5O5/c1-16(2)24(32)29(38)36-11-9-18(10-12-36)4-3-17-5-7-19(8-6-17)25-20(31)13-21-28(34-25)35-30(33-21)41-23-15-40-26-22(37)14-39-27(23)26/h5-8,13,16,18,22-24,26-27,37H,9-12,14-15,32H2,1-2H3,(H,33,34,35). The maximum atomic E-state index is 12.5. The Morgan fingerprint density at radius 1 is 1.17 bits per heavy atom. The van der Waals surface area contributed by atoms with Crippen molar-refractivity contribution in [3.63, 3.8) is 0 Å². The van der Waals surface area contributed by atoms with Crippen molar-refractivity contribution in [1.82, 2.24) is 19.9 Å². The molecule has 11 heteroatoms. The van der Waals surface area contributed by atoms with E-state index in [0.29, 0.717) is 47.6 Å². The SMILES string of the molecule is CC(C)C(N)C(=O)N1CCC(C#Cc2ccc(-c3nc4nc(OC5COC6C(O)COC56)[nH]c4cc3Cl)cc2)CC1. The number of benzene rings is 1. The third-order valence-corrected chi connectivity index (χ3v) is 8.33. The van der Waals surface area contributed by atoms with E-state index >= 15 is 0 Å². The molecular weight excluding hydrogens is 546 g/mol. The lowest BCUT2D eigenvalue weighted by atomic mass is 9.95. The van der Waals surface area contributed by atoms with Crippen LogP contribution in [0.5, 0.6) is 6.01 Å². The van der Waals surface area contributed by atoms with Gasteiger partial charge in [-0.05, 0) is 37.0 Å². The number of H-pyrrole nitrogens is 1. The number of fused-ring (bicyclic) bond motifs is 2. The predicted octanol–water partition coefficient (Wildman–Crippen LogP) is 2.76. The fourth-order valence-corrected chi connectivity index (χ4v) is 5.74. The largest absolute Gasteiger partial charge is 0.456 e. The highest BCUT2D eigenvalue weighted by atomic mass is 35.5. The van der Waals surface area contributed by atoms with Crippen LogP contribution in [0.25, 0.3) is 22.4 Å². The Balaban J connectivity index is 1.09. The Morgan fingerprint density at radius 2 is 1.90 bits per heavy atom. The van der Waals surface area contributed by atoms with Crippen molar-refractivity contribution in [3.8, 4) is 29.1 Å². The highest BCUT2D eigenvalue weighted by Crippen LogP contribution is 2.32. The van der Waals surface area contributed by atoms with E-state index in [-0.39, 0.29) is 42.7 Å². The molecule has 0 spiro atoms. The van der Waals surface area contributed by atoms with Gasteiger partial charge in [0, 0.05) is 30.1 Å². The number of ether oxygens (including phenoxy) is 3. The number of carbonyl (C=O) groups excluding carboxylic acids is 1. The number of piperidine rings is 1. The number of imidazole rings is 1. The van der Waals surface area contributed by atoms with Gasteiger partial charge in [-0.25, -0.2) is 4.98 Å². The van der Waals surface area contributed by atoms with E-state index in [4.69, 9.17) is 31.5 Å². The number of aliphatic hydroxyl groups is 1. The molecule has 1 amide bonds. The number of nitrogens with zero attached hydrogens (tertiary/aromatic N) is 3. The van der Waals surface area contributed by atoms with E-state index in [1.165, 1.54) is 0 Å². The predicted molar refractivity (Wildman–Crippen MR) is 153 cm³/mol. The molecule has 3 aromatic rings. The van der Waals surface area contributed by atoms with E-state index in [2.05, 4.69) is 26.8 Å². The van der Waals surface area contributed by atoms with E-state index in [0.717, 1.165) is 24.0 Å². The van der Waals surface area contributed by atoms with Crippen molar-refractivity contribution < 1.29 is 24.1 Å². The van der Waals surface area contributed by atoms with Crippen LogP contribution in [0.1, 0.15) is 32.3 Å². The summed E-state index contributed by atoms with van der Waals surface area (Å²) in [5.41, 5.74) is 9.53. The molecule has 3 saturated heterocycles. The molecule has 4 N–H and O–H groups in total. The maximum absolute atomic E-state index is 12.5. The first-order valence-corrected chi connectivity index (χ1v) is 14.4. The summed E-state index contributed by atoms with van der Waals surface area (Å²) in [4.78, 5) is 26.7. The number of aromatic nitrogens is 3. The lowest BCUT2D eigenvalue weighted by Crippen LogP contribution is -2.49. The van der Waals surface area contributed by atoms with E-state index in [1.54, 1.807) is 6.07 Å². The van der Waals surface area contributed by atoms with Crippen molar-refractivity contribution in [3.05, 3.63) is 40.9 Å². The van der Waals surface area contributed by atoms with Crippen LogP contribution in [-0.4, -0.2) is 87.6 Å². The fraction of sp³-hybridized carbons (Fsp3) is 0.500. The summed E-state index contributed by atoms with van der Waals surface area (Å²) < 4.78 is 17.2. The molecule has 5 heterocycles. The van der Waals surface area contributed by atoms with E-state index in [1.807, 2.05) is 43.0 Å². The molecule has 0 saturated carbocycles. The number of nitrogens with one attached hydrogen (secondary N) is 1. The fourth-order valence-electron chi connectivity index (χ4n) is 5.48. The number of hydrogen-bond donors (Lipinski definition) is 3. The van der Waals surface area contributed by atoms with Crippen molar-refractivity contribution in [2.75, 3.05) is 26.3 Å². The second-order valence-electron chi connectivity index (χ2n) is 11.3. The quantitative estimate of drug-likeness (QED) is 0.393. The monoisotopic (exact) mass is 579 g/mol. The van der Waals surface area contributed by atoms with Crippen LogP contribution in [0.4, 0.5) is 0 Å². The number of rotatable bonds is 5. The maximum Gasteiger partial charge on any atom is 0.296 e. The van der Waals surface area contributed by atoms with Crippen LogP contribution in [0.3, 0.4) is 0 Å². The Morgan fingerprint density at radius 3 is 2.63 bits per heavy atom. The summed E-state index contributed by atoms with van der Waals surface area (Å²) >= 11 is 6.60. The molecule has 2 aromatic heterocycles. The highest BCUT2D eigenvalue weighted by molar-refractivity contribution is 6.33. The van der Waals surface area contributed by atoms with Crippen molar-refractivity contribution >= 4 is 28.7 Å². The van der Waals surface area contributed by atoms with Crippen molar-refractivity contribution in [1.29, 1.82) is 0 Å². The molecule has 5 atom stereocenters. The number of nitrogens with two attached hydrogens (primary N) is 1. The second kappa shape index (κ2) is 11.6. The van der Waals surface area contributed by atoms with Crippen LogP contribution in [0.2, 0.25) is 5.02 Å². The number of hydrogen-bond acceptors (Lipinski definition) is 8. The molecule has 3 aliphatic rings. The number of halogens is 1. The molecule has 1 aromatic carbocycles. The van der Waals surface area contributed by atoms with Crippen LogP contribution in [0, 0.1) is 23.7 Å². The lowest BCUT2D eigenvalue weighted by Gasteiger charge is -2.32. The normalized spacial score (nSPS) is 25.3. The van der Waals surface area contributed by atoms with Crippen molar-refractivity contribution in [2.45, 2.75) is 57.1 Å². The first-order valence-electron chi connectivity index (χ1n) is 14.1. The zero-order valence-electron chi connectivity index (χ0n) is 23.0. The molecule has 0 radical (unpaired) electrons. The average molecular weight is 580 g/mol. The van der Waals surface area contributed by atoms with Gasteiger partial charge < -0.3 is 34.9 Å². The van der Waals surface area contributed by atoms with Gasteiger partial charge in [-0.2, -0.15) is 4.98 Å². The number of likely N-dealkylation sites (tertiary alicyclic amines) is 1. The summed E-state index contributed by atoms with van der Waals surface area (Å²) in [5.74, 6) is 7.06. The summed E-state index contributed by atoms with van der Waals surface area (Å²) in [5, 5.41) is 10.4. The molecule has 41 heavy (non-hydrogen) atoms. The summed E-state index contributed by atoms with van der Waals surface area (Å²) in [6, 6.07) is 9.43. The zero-order chi connectivity index (χ0) is 28.7. The topological polar surface area (TPSA) is 136 Å². The number of amides is 1. The number of pyridine rings is 1. The Hall–Kier alpha value is -3.20. The van der Waals surface area contributed by atoms with Crippen LogP contribution in [0.15, 0.2) is 30.3 Å². The first kappa shape index (κ1) is 27.9. The Kier molecular flexibility index (Phi) is 7.90. The lowest BCUT2D eigenvalue weighted by molar-refractivity contribution is -0.134. The second-order valence-corrected chi connectivity index (χ2v) is 11.7. The van der Waals surface area contributed by atoms with Gasteiger partial charge in [0.2, 0.25) is 5.91 Å². The van der Waals surface area contributed by atoms with Crippen LogP contribution in [-0.2, 0) is 14.3 Å². The van der Waals surface area contributed by atoms with Gasteiger partial charge in [0.15, 0.2) is 11.8 Å². The number of aromatic amines is 1. The van der Waals surface area contributed by atoms with Crippen LogP contribution < -0.4 is 10.5 Å². The highest BCUT2D eigenvalue weighted by Gasteiger charge is 2.48. The Labute approximate surface area is 243 Å². The van der Waals surface area contributed by atoms with Gasteiger partial charge in [-0.3, -0.25) is 4.79 Å². The third kappa shape index (κ3) is 5.78. The molecular formula is C30H34ClN5O5. The molecule has 5 unspecified atom stereocenters. The molecule has 0 bridgehead atoms. The molecule has 216 valence electrons. The third-order valence-electron chi connectivity index (χ3n) is 8.04. The minimum atomic E-state index is -0.644. The smallest absolute Gasteiger partial charge is 0.296 e. The molecule has 6 rings (SSSR count).